The Morgan fingerprint density at radius 3 is 1.18 bits per heavy atom. The third-order valence-electron chi connectivity index (χ3n) is 2.35. The first-order valence-corrected chi connectivity index (χ1v) is 6.21. The minimum Gasteiger partial charge on any atom is -0.135 e. The average Bonchev–Trinajstić information content (AvgIpc) is 1.90. The van der Waals surface area contributed by atoms with E-state index in [1.165, 1.54) is 0 Å². The summed E-state index contributed by atoms with van der Waals surface area (Å²) in [5, 5.41) is 0. The van der Waals surface area contributed by atoms with E-state index in [9.17, 15) is 13.2 Å². The number of hydrogen-bond donors (Lipinski definition) is 0. The molecule has 0 saturated carbocycles. The van der Waals surface area contributed by atoms with Crippen molar-refractivity contribution in [2.75, 3.05) is 18.5 Å². The van der Waals surface area contributed by atoms with Gasteiger partial charge in [0.05, 0.1) is 18.5 Å². The van der Waals surface area contributed by atoms with E-state index in [4.69, 9.17) is 0 Å². The van der Waals surface area contributed by atoms with Crippen molar-refractivity contribution in [3.05, 3.63) is 0 Å². The van der Waals surface area contributed by atoms with Crippen LogP contribution in [0.15, 0.2) is 0 Å². The Bertz CT molecular complexity index is 107. The van der Waals surface area contributed by atoms with Crippen LogP contribution in [-0.4, -0.2) is 24.4 Å². The Morgan fingerprint density at radius 2 is 1.18 bits per heavy atom. The number of rotatable bonds is 3. The molecule has 0 unspecified atom stereocenters. The zero-order valence-corrected chi connectivity index (χ0v) is 8.10. The summed E-state index contributed by atoms with van der Waals surface area (Å²) >= 11 is 0. The zero-order chi connectivity index (χ0) is 9.12. The Labute approximate surface area is 66.5 Å². The van der Waals surface area contributed by atoms with E-state index >= 15 is 0 Å². The molecule has 68 valence electrons. The van der Waals surface area contributed by atoms with Crippen LogP contribution in [0, 0.1) is 0 Å². The molecule has 0 aliphatic rings. The van der Waals surface area contributed by atoms with Crippen molar-refractivity contribution in [2.45, 2.75) is 26.7 Å². The van der Waals surface area contributed by atoms with Crippen LogP contribution in [0.3, 0.4) is 0 Å². The van der Waals surface area contributed by atoms with Crippen molar-refractivity contribution in [1.29, 1.82) is 0 Å². The van der Waals surface area contributed by atoms with Crippen LogP contribution in [-0.2, 0) is 0 Å². The van der Waals surface area contributed by atoms with Crippen molar-refractivity contribution in [2.24, 2.45) is 0 Å². The van der Waals surface area contributed by atoms with Crippen LogP contribution in [0.2, 0.25) is 0 Å². The van der Waals surface area contributed by atoms with E-state index in [2.05, 4.69) is 0 Å². The van der Waals surface area contributed by atoms with Crippen molar-refractivity contribution in [3.63, 3.8) is 0 Å². The number of hydrogen-bond acceptors (Lipinski definition) is 0. The molecule has 0 aliphatic heterocycles. The third-order valence-corrected chi connectivity index (χ3v) is 7.06. The zero-order valence-electron chi connectivity index (χ0n) is 7.20. The van der Waals surface area contributed by atoms with E-state index in [1.54, 1.807) is 20.8 Å². The fraction of sp³-hybridized carbons (Fsp3) is 1.00. The summed E-state index contributed by atoms with van der Waals surface area (Å²) in [6.45, 7) is 4.94. The van der Waals surface area contributed by atoms with E-state index in [-0.39, 0.29) is 0 Å². The van der Waals surface area contributed by atoms with Crippen molar-refractivity contribution in [1.82, 2.24) is 0 Å². The van der Waals surface area contributed by atoms with Gasteiger partial charge in [-0.15, -0.1) is 13.2 Å². The summed E-state index contributed by atoms with van der Waals surface area (Å²) in [7, 11) is -2.62. The average molecular weight is 187 g/mol. The minimum atomic E-state index is -3.93. The molecule has 0 amide bonds. The molecule has 0 radical (unpaired) electrons. The molecule has 0 bridgehead atoms. The lowest BCUT2D eigenvalue weighted by molar-refractivity contribution is -0.0437. The van der Waals surface area contributed by atoms with E-state index in [0.29, 0.717) is 18.5 Å². The van der Waals surface area contributed by atoms with Gasteiger partial charge in [-0.05, 0) is 20.8 Å². The standard InChI is InChI=1S/C7H15F3P/c1-4-11(5-2,6-3)7(8,9)10/h4-6H2,1-3H3/q+1. The van der Waals surface area contributed by atoms with Gasteiger partial charge < -0.3 is 0 Å². The smallest absolute Gasteiger partial charge is 0.135 e. The Morgan fingerprint density at radius 1 is 0.909 bits per heavy atom. The van der Waals surface area contributed by atoms with Crippen molar-refractivity contribution in [3.8, 4) is 0 Å². The molecule has 0 saturated heterocycles. The highest BCUT2D eigenvalue weighted by molar-refractivity contribution is 7.76. The second kappa shape index (κ2) is 3.75. The molecule has 0 atom stereocenters. The number of alkyl halides is 3. The van der Waals surface area contributed by atoms with Crippen molar-refractivity contribution < 1.29 is 13.2 Å². The monoisotopic (exact) mass is 187 g/mol. The molecule has 4 heteroatoms. The summed E-state index contributed by atoms with van der Waals surface area (Å²) in [6, 6.07) is 0. The quantitative estimate of drug-likeness (QED) is 0.592. The fourth-order valence-electron chi connectivity index (χ4n) is 1.21. The van der Waals surface area contributed by atoms with Gasteiger partial charge in [0.25, 0.3) is 0 Å². The van der Waals surface area contributed by atoms with E-state index in [1.807, 2.05) is 0 Å². The topological polar surface area (TPSA) is 0 Å². The first-order chi connectivity index (χ1) is 4.93. The second-order valence-corrected chi connectivity index (χ2v) is 7.26. The van der Waals surface area contributed by atoms with Gasteiger partial charge >= 0.3 is 5.92 Å². The number of halogens is 3. The van der Waals surface area contributed by atoms with Gasteiger partial charge in [-0.2, -0.15) is 0 Å². The van der Waals surface area contributed by atoms with Gasteiger partial charge in [-0.3, -0.25) is 0 Å². The maximum atomic E-state index is 12.4. The second-order valence-electron chi connectivity index (χ2n) is 2.56. The lowest BCUT2D eigenvalue weighted by Crippen LogP contribution is -2.20. The van der Waals surface area contributed by atoms with Crippen LogP contribution < -0.4 is 0 Å². The van der Waals surface area contributed by atoms with Crippen LogP contribution in [0.25, 0.3) is 0 Å². The maximum Gasteiger partial charge on any atom is 0.508 e. The molecule has 0 aromatic carbocycles. The lowest BCUT2D eigenvalue weighted by atomic mass is 10.9. The molecule has 11 heavy (non-hydrogen) atoms. The molecule has 0 fully saturated rings. The van der Waals surface area contributed by atoms with Crippen LogP contribution in [0.4, 0.5) is 13.2 Å². The molecular formula is C7H15F3P+. The molecule has 0 aliphatic carbocycles. The van der Waals surface area contributed by atoms with E-state index < -0.39 is 13.2 Å². The van der Waals surface area contributed by atoms with Crippen LogP contribution in [0.1, 0.15) is 20.8 Å². The van der Waals surface area contributed by atoms with Crippen LogP contribution >= 0.6 is 7.26 Å². The summed E-state index contributed by atoms with van der Waals surface area (Å²) in [5.74, 6) is -3.93. The molecule has 0 nitrogen and oxygen atoms in total. The highest BCUT2D eigenvalue weighted by atomic mass is 31.2. The highest BCUT2D eigenvalue weighted by Gasteiger charge is 2.58. The molecule has 0 N–H and O–H groups in total. The van der Waals surface area contributed by atoms with Gasteiger partial charge in [-0.1, -0.05) is 0 Å². The molecule has 0 spiro atoms. The third kappa shape index (κ3) is 2.08. The summed E-state index contributed by atoms with van der Waals surface area (Å²) in [6.07, 6.45) is 0.885. The Balaban J connectivity index is 4.54. The maximum absolute atomic E-state index is 12.4. The normalized spacial score (nSPS) is 13.6. The molecule has 0 rings (SSSR count). The van der Waals surface area contributed by atoms with Gasteiger partial charge in [0, 0.05) is 0 Å². The van der Waals surface area contributed by atoms with Gasteiger partial charge in [0.1, 0.15) is 7.26 Å². The van der Waals surface area contributed by atoms with Gasteiger partial charge in [-0.25, -0.2) is 0 Å². The summed E-state index contributed by atoms with van der Waals surface area (Å²) in [4.78, 5) is 0. The molecule has 0 aromatic rings. The summed E-state index contributed by atoms with van der Waals surface area (Å²) in [5.41, 5.74) is 0. The Kier molecular flexibility index (Phi) is 3.83. The lowest BCUT2D eigenvalue weighted by Gasteiger charge is -2.24. The van der Waals surface area contributed by atoms with E-state index in [0.717, 1.165) is 0 Å². The molecular weight excluding hydrogens is 172 g/mol. The van der Waals surface area contributed by atoms with Gasteiger partial charge in [0.15, 0.2) is 0 Å². The summed E-state index contributed by atoms with van der Waals surface area (Å²) < 4.78 is 37.3. The first kappa shape index (κ1) is 11.2. The highest BCUT2D eigenvalue weighted by Crippen LogP contribution is 2.70. The minimum absolute atomic E-state index is 0.295. The predicted molar refractivity (Wildman–Crippen MR) is 44.6 cm³/mol. The fourth-order valence-corrected chi connectivity index (χ4v) is 3.63. The predicted octanol–water partition coefficient (Wildman–Crippen LogP) is 3.58. The SMILES string of the molecule is CC[P+](CC)(CC)C(F)(F)F. The van der Waals surface area contributed by atoms with Crippen molar-refractivity contribution >= 4 is 7.26 Å². The Hall–Kier alpha value is 0.220. The van der Waals surface area contributed by atoms with Crippen LogP contribution in [0.5, 0.6) is 0 Å². The molecule has 0 aromatic heterocycles. The molecule has 0 heterocycles. The first-order valence-electron chi connectivity index (χ1n) is 3.86. The largest absolute Gasteiger partial charge is 0.508 e. The van der Waals surface area contributed by atoms with Gasteiger partial charge in [0.2, 0.25) is 0 Å².